The van der Waals surface area contributed by atoms with Gasteiger partial charge in [0.15, 0.2) is 0 Å². The van der Waals surface area contributed by atoms with Gasteiger partial charge >= 0.3 is 0 Å². The number of hydrazone groups is 1. The van der Waals surface area contributed by atoms with E-state index < -0.39 is 0 Å². The minimum absolute atomic E-state index is 0.536. The van der Waals surface area contributed by atoms with Crippen LogP contribution >= 0.6 is 12.6 Å². The topological polar surface area (TPSA) is 37.3 Å². The lowest BCUT2D eigenvalue weighted by atomic mass is 10.0. The monoisotopic (exact) mass is 223 g/mol. The van der Waals surface area contributed by atoms with E-state index in [-0.39, 0.29) is 0 Å². The van der Waals surface area contributed by atoms with Crippen molar-refractivity contribution in [3.05, 3.63) is 30.1 Å². The Bertz CT molecular complexity index is 309. The van der Waals surface area contributed by atoms with Gasteiger partial charge in [-0.05, 0) is 24.5 Å². The fourth-order valence-electron chi connectivity index (χ4n) is 1.26. The Kier molecular flexibility index (Phi) is 5.18. The van der Waals surface area contributed by atoms with E-state index in [1.807, 2.05) is 18.2 Å². The number of hydrogen-bond donors (Lipinski definition) is 2. The maximum Gasteiger partial charge on any atom is 0.0862 e. The molecule has 0 aliphatic rings. The van der Waals surface area contributed by atoms with E-state index in [2.05, 4.69) is 42.0 Å². The van der Waals surface area contributed by atoms with E-state index in [1.54, 1.807) is 6.20 Å². The molecule has 1 heterocycles. The molecule has 82 valence electrons. The average Bonchev–Trinajstić information content (AvgIpc) is 2.25. The highest BCUT2D eigenvalue weighted by Crippen LogP contribution is 2.07. The number of aromatic nitrogens is 1. The van der Waals surface area contributed by atoms with Crippen molar-refractivity contribution in [2.75, 3.05) is 5.88 Å². The summed E-state index contributed by atoms with van der Waals surface area (Å²) < 4.78 is 0. The van der Waals surface area contributed by atoms with Gasteiger partial charge in [0.25, 0.3) is 0 Å². The molecule has 0 saturated carbocycles. The van der Waals surface area contributed by atoms with Gasteiger partial charge in [0.2, 0.25) is 0 Å². The molecule has 1 N–H and O–H groups in total. The average molecular weight is 223 g/mol. The number of rotatable bonds is 5. The number of pyridine rings is 1. The Morgan fingerprint density at radius 2 is 2.33 bits per heavy atom. The molecule has 0 saturated heterocycles. The zero-order chi connectivity index (χ0) is 11.1. The van der Waals surface area contributed by atoms with Gasteiger partial charge < -0.3 is 5.43 Å². The molecule has 0 radical (unpaired) electrons. The van der Waals surface area contributed by atoms with Crippen molar-refractivity contribution in [2.45, 2.75) is 20.3 Å². The van der Waals surface area contributed by atoms with Crippen molar-refractivity contribution in [3.8, 4) is 0 Å². The Morgan fingerprint density at radius 3 is 2.87 bits per heavy atom. The summed E-state index contributed by atoms with van der Waals surface area (Å²) in [4.78, 5) is 4.29. The molecule has 0 fully saturated rings. The number of hydrogen-bond acceptors (Lipinski definition) is 4. The Balaban J connectivity index is 2.81. The normalized spacial score (nSPS) is 11.9. The van der Waals surface area contributed by atoms with Gasteiger partial charge in [-0.15, -0.1) is 0 Å². The van der Waals surface area contributed by atoms with Gasteiger partial charge in [-0.25, -0.2) is 0 Å². The van der Waals surface area contributed by atoms with Crippen molar-refractivity contribution < 1.29 is 0 Å². The van der Waals surface area contributed by atoms with Gasteiger partial charge in [0.05, 0.1) is 17.3 Å². The van der Waals surface area contributed by atoms with Crippen LogP contribution in [0.4, 0.5) is 0 Å². The summed E-state index contributed by atoms with van der Waals surface area (Å²) in [5.74, 6) is 1.10. The fourth-order valence-corrected chi connectivity index (χ4v) is 1.33. The van der Waals surface area contributed by atoms with Crippen LogP contribution in [0.2, 0.25) is 0 Å². The lowest BCUT2D eigenvalue weighted by Gasteiger charge is -2.08. The standard InChI is InChI=1S/C11H17N3S/c1-9(2)7-11(14-13-8-15)10-5-3-4-6-12-10/h3-6,9,13,15H,7-8H2,1-2H3. The minimum atomic E-state index is 0.536. The van der Waals surface area contributed by atoms with Gasteiger partial charge in [-0.1, -0.05) is 19.9 Å². The van der Waals surface area contributed by atoms with E-state index in [1.165, 1.54) is 0 Å². The molecule has 0 amide bonds. The molecule has 0 unspecified atom stereocenters. The van der Waals surface area contributed by atoms with Crippen LogP contribution < -0.4 is 5.43 Å². The molecule has 0 atom stereocenters. The highest BCUT2D eigenvalue weighted by Gasteiger charge is 2.06. The third-order valence-corrected chi connectivity index (χ3v) is 1.99. The summed E-state index contributed by atoms with van der Waals surface area (Å²) in [6.45, 7) is 4.33. The van der Waals surface area contributed by atoms with Crippen molar-refractivity contribution in [1.29, 1.82) is 0 Å². The molecule has 0 aliphatic heterocycles. The lowest BCUT2D eigenvalue weighted by molar-refractivity contribution is 0.677. The molecule has 1 rings (SSSR count). The molecule has 4 heteroatoms. The van der Waals surface area contributed by atoms with Crippen LogP contribution in [0, 0.1) is 5.92 Å². The lowest BCUT2D eigenvalue weighted by Crippen LogP contribution is -2.13. The number of nitrogens with zero attached hydrogens (tertiary/aromatic N) is 2. The van der Waals surface area contributed by atoms with Gasteiger partial charge in [0.1, 0.15) is 0 Å². The van der Waals surface area contributed by atoms with E-state index in [0.29, 0.717) is 11.8 Å². The maximum absolute atomic E-state index is 4.29. The Labute approximate surface area is 96.4 Å². The SMILES string of the molecule is CC(C)CC(=NNCS)c1ccccn1. The van der Waals surface area contributed by atoms with E-state index in [0.717, 1.165) is 17.8 Å². The molecule has 0 spiro atoms. The van der Waals surface area contributed by atoms with Crippen LogP contribution in [0.3, 0.4) is 0 Å². The number of nitrogens with one attached hydrogen (secondary N) is 1. The molecular weight excluding hydrogens is 206 g/mol. The van der Waals surface area contributed by atoms with Gasteiger partial charge in [0, 0.05) is 6.20 Å². The van der Waals surface area contributed by atoms with Crippen LogP contribution in [0.5, 0.6) is 0 Å². The zero-order valence-corrected chi connectivity index (χ0v) is 10.0. The second-order valence-electron chi connectivity index (χ2n) is 3.69. The summed E-state index contributed by atoms with van der Waals surface area (Å²) in [7, 11) is 0. The van der Waals surface area contributed by atoms with Crippen LogP contribution in [0.1, 0.15) is 26.0 Å². The third kappa shape index (κ3) is 4.34. The molecule has 0 aromatic carbocycles. The van der Waals surface area contributed by atoms with E-state index in [4.69, 9.17) is 0 Å². The molecule has 0 aliphatic carbocycles. The first-order chi connectivity index (χ1) is 7.24. The zero-order valence-electron chi connectivity index (χ0n) is 9.14. The highest BCUT2D eigenvalue weighted by molar-refractivity contribution is 7.80. The maximum atomic E-state index is 4.29. The summed E-state index contributed by atoms with van der Waals surface area (Å²) in [6, 6.07) is 5.85. The van der Waals surface area contributed by atoms with Crippen LogP contribution in [-0.4, -0.2) is 16.6 Å². The number of thiol groups is 1. The third-order valence-electron chi connectivity index (χ3n) is 1.85. The largest absolute Gasteiger partial charge is 0.300 e. The van der Waals surface area contributed by atoms with Crippen molar-refractivity contribution in [3.63, 3.8) is 0 Å². The first-order valence-corrected chi connectivity index (χ1v) is 5.69. The molecule has 3 nitrogen and oxygen atoms in total. The Hall–Kier alpha value is -1.03. The van der Waals surface area contributed by atoms with Gasteiger partial charge in [-0.2, -0.15) is 17.7 Å². The summed E-state index contributed by atoms with van der Waals surface area (Å²) in [5, 5.41) is 4.28. The van der Waals surface area contributed by atoms with Crippen molar-refractivity contribution in [2.24, 2.45) is 11.0 Å². The van der Waals surface area contributed by atoms with Crippen LogP contribution in [0.25, 0.3) is 0 Å². The van der Waals surface area contributed by atoms with E-state index in [9.17, 15) is 0 Å². The molecule has 15 heavy (non-hydrogen) atoms. The minimum Gasteiger partial charge on any atom is -0.300 e. The summed E-state index contributed by atoms with van der Waals surface area (Å²) >= 11 is 4.06. The molecule has 1 aromatic rings. The molecule has 1 aromatic heterocycles. The molecular formula is C11H17N3S. The Morgan fingerprint density at radius 1 is 1.53 bits per heavy atom. The van der Waals surface area contributed by atoms with Gasteiger partial charge in [-0.3, -0.25) is 4.98 Å². The first-order valence-electron chi connectivity index (χ1n) is 5.05. The predicted octanol–water partition coefficient (Wildman–Crippen LogP) is 2.31. The quantitative estimate of drug-likeness (QED) is 0.348. The summed E-state index contributed by atoms with van der Waals surface area (Å²) in [5.41, 5.74) is 4.78. The first kappa shape index (κ1) is 12.0. The van der Waals surface area contributed by atoms with Crippen LogP contribution in [0.15, 0.2) is 29.5 Å². The van der Waals surface area contributed by atoms with Crippen molar-refractivity contribution in [1.82, 2.24) is 10.4 Å². The predicted molar refractivity (Wildman–Crippen MR) is 67.2 cm³/mol. The molecule has 0 bridgehead atoms. The van der Waals surface area contributed by atoms with Crippen LogP contribution in [-0.2, 0) is 0 Å². The second kappa shape index (κ2) is 6.45. The highest BCUT2D eigenvalue weighted by atomic mass is 32.1. The smallest absolute Gasteiger partial charge is 0.0862 e. The summed E-state index contributed by atoms with van der Waals surface area (Å²) in [6.07, 6.45) is 2.70. The van der Waals surface area contributed by atoms with Crippen molar-refractivity contribution >= 4 is 18.3 Å². The fraction of sp³-hybridized carbons (Fsp3) is 0.455. The second-order valence-corrected chi connectivity index (χ2v) is 4.00. The van der Waals surface area contributed by atoms with E-state index >= 15 is 0 Å².